The Morgan fingerprint density at radius 2 is 2.20 bits per heavy atom. The maximum Gasteiger partial charge on any atom is 0.243 e. The van der Waals surface area contributed by atoms with E-state index in [4.69, 9.17) is 5.73 Å². The number of sulfonamides is 1. The summed E-state index contributed by atoms with van der Waals surface area (Å²) in [5.74, 6) is 0. The van der Waals surface area contributed by atoms with E-state index in [0.29, 0.717) is 29.5 Å². The summed E-state index contributed by atoms with van der Waals surface area (Å²) in [5.41, 5.74) is 7.55. The largest absolute Gasteiger partial charge is 0.375 e. The van der Waals surface area contributed by atoms with Crippen molar-refractivity contribution in [1.82, 2.24) is 9.29 Å². The van der Waals surface area contributed by atoms with Crippen molar-refractivity contribution in [2.45, 2.75) is 24.8 Å². The van der Waals surface area contributed by atoms with Crippen LogP contribution in [0.4, 0.5) is 5.13 Å². The molecule has 0 fully saturated rings. The van der Waals surface area contributed by atoms with Gasteiger partial charge in [0.2, 0.25) is 10.0 Å². The minimum Gasteiger partial charge on any atom is -0.375 e. The molecule has 5 nitrogen and oxygen atoms in total. The molecule has 0 unspecified atom stereocenters. The van der Waals surface area contributed by atoms with Crippen LogP contribution in [0.25, 0.3) is 0 Å². The summed E-state index contributed by atoms with van der Waals surface area (Å²) in [6.07, 6.45) is 0.619. The van der Waals surface area contributed by atoms with Crippen molar-refractivity contribution in [2.24, 2.45) is 0 Å². The van der Waals surface area contributed by atoms with E-state index in [9.17, 15) is 8.42 Å². The van der Waals surface area contributed by atoms with Crippen LogP contribution in [0.2, 0.25) is 0 Å². The van der Waals surface area contributed by atoms with Gasteiger partial charge >= 0.3 is 0 Å². The quantitative estimate of drug-likeness (QED) is 0.917. The molecule has 0 bridgehead atoms. The van der Waals surface area contributed by atoms with Crippen molar-refractivity contribution in [3.63, 3.8) is 0 Å². The predicted molar refractivity (Wildman–Crippen MR) is 79.0 cm³/mol. The number of nitrogens with zero attached hydrogens (tertiary/aromatic N) is 2. The summed E-state index contributed by atoms with van der Waals surface area (Å²) in [6.45, 7) is 2.70. The molecule has 0 atom stereocenters. The summed E-state index contributed by atoms with van der Waals surface area (Å²) in [6, 6.07) is 6.99. The third-order valence-electron chi connectivity index (χ3n) is 3.34. The van der Waals surface area contributed by atoms with Crippen molar-refractivity contribution in [1.29, 1.82) is 0 Å². The van der Waals surface area contributed by atoms with Gasteiger partial charge in [0.05, 0.1) is 17.1 Å². The van der Waals surface area contributed by atoms with Crippen molar-refractivity contribution >= 4 is 26.5 Å². The molecule has 0 spiro atoms. The summed E-state index contributed by atoms with van der Waals surface area (Å²) in [5, 5.41) is 0.504. The summed E-state index contributed by atoms with van der Waals surface area (Å²) in [4.78, 5) is 5.52. The molecule has 3 rings (SSSR count). The first-order chi connectivity index (χ1) is 9.46. The Hall–Kier alpha value is -1.44. The van der Waals surface area contributed by atoms with E-state index in [2.05, 4.69) is 4.98 Å². The Bertz CT molecular complexity index is 753. The zero-order valence-electron chi connectivity index (χ0n) is 11.0. The zero-order valence-corrected chi connectivity index (χ0v) is 12.7. The van der Waals surface area contributed by atoms with Crippen LogP contribution in [0, 0.1) is 6.92 Å². The molecule has 2 aromatic rings. The van der Waals surface area contributed by atoms with Gasteiger partial charge < -0.3 is 5.73 Å². The Morgan fingerprint density at radius 1 is 1.40 bits per heavy atom. The highest BCUT2D eigenvalue weighted by Crippen LogP contribution is 2.29. The van der Waals surface area contributed by atoms with Gasteiger partial charge in [0, 0.05) is 17.8 Å². The minimum absolute atomic E-state index is 0.346. The van der Waals surface area contributed by atoms with Crippen LogP contribution in [0.1, 0.15) is 16.1 Å². The van der Waals surface area contributed by atoms with E-state index in [0.717, 1.165) is 16.1 Å². The normalized spacial score (nSPS) is 16.1. The molecule has 0 aliphatic carbocycles. The molecular weight excluding hydrogens is 294 g/mol. The lowest BCUT2D eigenvalue weighted by atomic mass is 10.2. The van der Waals surface area contributed by atoms with Crippen molar-refractivity contribution in [3.05, 3.63) is 40.4 Å². The Balaban J connectivity index is 1.94. The zero-order chi connectivity index (χ0) is 14.3. The van der Waals surface area contributed by atoms with Gasteiger partial charge in [-0.15, -0.1) is 11.3 Å². The number of benzene rings is 1. The van der Waals surface area contributed by atoms with E-state index in [1.54, 1.807) is 18.2 Å². The number of nitrogen functional groups attached to an aromatic ring is 1. The lowest BCUT2D eigenvalue weighted by molar-refractivity contribution is 0.393. The molecule has 1 aromatic carbocycles. The minimum atomic E-state index is -3.45. The van der Waals surface area contributed by atoms with Gasteiger partial charge in [-0.2, -0.15) is 4.31 Å². The van der Waals surface area contributed by atoms with E-state index in [1.807, 2.05) is 13.0 Å². The second-order valence-electron chi connectivity index (χ2n) is 4.83. The smallest absolute Gasteiger partial charge is 0.243 e. The average Bonchev–Trinajstić information content (AvgIpc) is 2.77. The lowest BCUT2D eigenvalue weighted by Gasteiger charge is -2.25. The Morgan fingerprint density at radius 3 is 2.95 bits per heavy atom. The van der Waals surface area contributed by atoms with Crippen molar-refractivity contribution in [2.75, 3.05) is 12.3 Å². The summed E-state index contributed by atoms with van der Waals surface area (Å²) < 4.78 is 26.8. The number of nitrogens with two attached hydrogens (primary N) is 1. The van der Waals surface area contributed by atoms with Crippen LogP contribution in [-0.4, -0.2) is 24.3 Å². The summed E-state index contributed by atoms with van der Waals surface area (Å²) in [7, 11) is -3.45. The van der Waals surface area contributed by atoms with Crippen LogP contribution >= 0.6 is 11.3 Å². The molecule has 0 radical (unpaired) electrons. The number of aryl methyl sites for hydroxylation is 1. The van der Waals surface area contributed by atoms with Gasteiger partial charge in [-0.1, -0.05) is 12.1 Å². The molecular formula is C13H15N3O2S2. The molecule has 2 N–H and O–H groups in total. The Labute approximate surface area is 122 Å². The maximum atomic E-state index is 12.6. The molecule has 106 valence electrons. The molecule has 1 aliphatic heterocycles. The molecule has 2 heterocycles. The van der Waals surface area contributed by atoms with Crippen LogP contribution < -0.4 is 5.73 Å². The molecule has 1 aliphatic rings. The summed E-state index contributed by atoms with van der Waals surface area (Å²) >= 11 is 1.37. The van der Waals surface area contributed by atoms with Gasteiger partial charge in [-0.05, 0) is 24.6 Å². The monoisotopic (exact) mass is 309 g/mol. The fourth-order valence-corrected chi connectivity index (χ4v) is 4.81. The highest BCUT2D eigenvalue weighted by molar-refractivity contribution is 7.89. The number of aromatic nitrogens is 1. The fraction of sp³-hybridized carbons (Fsp3) is 0.308. The second-order valence-corrected chi connectivity index (χ2v) is 7.88. The van der Waals surface area contributed by atoms with Crippen LogP contribution in [0.15, 0.2) is 29.2 Å². The van der Waals surface area contributed by atoms with Crippen molar-refractivity contribution < 1.29 is 8.42 Å². The van der Waals surface area contributed by atoms with Crippen molar-refractivity contribution in [3.8, 4) is 0 Å². The van der Waals surface area contributed by atoms with Crippen LogP contribution in [0.5, 0.6) is 0 Å². The fourth-order valence-electron chi connectivity index (χ4n) is 2.32. The van der Waals surface area contributed by atoms with Gasteiger partial charge in [0.15, 0.2) is 5.13 Å². The number of rotatable bonds is 2. The third kappa shape index (κ3) is 2.32. The number of fused-ring (bicyclic) bond motifs is 1. The van der Waals surface area contributed by atoms with Crippen LogP contribution in [0.3, 0.4) is 0 Å². The van der Waals surface area contributed by atoms with Gasteiger partial charge in [-0.25, -0.2) is 13.4 Å². The molecule has 0 amide bonds. The highest BCUT2D eigenvalue weighted by atomic mass is 32.2. The SMILES string of the molecule is Cc1cccc(S(=O)(=O)N2CCc3nc(N)sc3C2)c1. The van der Waals surface area contributed by atoms with Crippen LogP contribution in [-0.2, 0) is 23.0 Å². The van der Waals surface area contributed by atoms with E-state index >= 15 is 0 Å². The standard InChI is InChI=1S/C13H15N3O2S2/c1-9-3-2-4-10(7-9)20(17,18)16-6-5-11-12(8-16)19-13(14)15-11/h2-4,7H,5-6,8H2,1H3,(H2,14,15). The topological polar surface area (TPSA) is 76.3 Å². The first-order valence-corrected chi connectivity index (χ1v) is 8.53. The van der Waals surface area contributed by atoms with E-state index in [-0.39, 0.29) is 0 Å². The first kappa shape index (κ1) is 13.5. The maximum absolute atomic E-state index is 12.6. The number of hydrogen-bond donors (Lipinski definition) is 1. The molecule has 7 heteroatoms. The first-order valence-electron chi connectivity index (χ1n) is 6.28. The molecule has 0 saturated heterocycles. The predicted octanol–water partition coefficient (Wildman–Crippen LogP) is 1.78. The molecule has 0 saturated carbocycles. The number of hydrogen-bond acceptors (Lipinski definition) is 5. The van der Waals surface area contributed by atoms with E-state index in [1.165, 1.54) is 15.6 Å². The molecule has 20 heavy (non-hydrogen) atoms. The van der Waals surface area contributed by atoms with Gasteiger partial charge in [-0.3, -0.25) is 0 Å². The van der Waals surface area contributed by atoms with Gasteiger partial charge in [0.1, 0.15) is 0 Å². The average molecular weight is 309 g/mol. The second kappa shape index (κ2) is 4.83. The lowest BCUT2D eigenvalue weighted by Crippen LogP contribution is -2.35. The van der Waals surface area contributed by atoms with E-state index < -0.39 is 10.0 Å². The number of thiazole rings is 1. The third-order valence-corrected chi connectivity index (χ3v) is 6.09. The highest BCUT2D eigenvalue weighted by Gasteiger charge is 2.30. The number of anilines is 1. The van der Waals surface area contributed by atoms with Gasteiger partial charge in [0.25, 0.3) is 0 Å². The Kier molecular flexibility index (Phi) is 3.27. The molecule has 1 aromatic heterocycles.